The molecular formula is C16H27N3O4. The van der Waals surface area contributed by atoms with Crippen molar-refractivity contribution >= 4 is 6.09 Å². The number of aromatic nitrogens is 2. The van der Waals surface area contributed by atoms with E-state index >= 15 is 0 Å². The van der Waals surface area contributed by atoms with Gasteiger partial charge in [-0.05, 0) is 34.1 Å². The Hall–Kier alpha value is -1.76. The molecule has 2 atom stereocenters. The number of amides is 1. The SMILES string of the molecule is CCn1ncc(OC)c1C(O)C1CCN(C(=O)OC(C)(C)C)C1. The van der Waals surface area contributed by atoms with Crippen molar-refractivity contribution in [3.05, 3.63) is 11.9 Å². The molecule has 1 aromatic rings. The summed E-state index contributed by atoms with van der Waals surface area (Å²) < 4.78 is 12.4. The molecule has 1 aliphatic heterocycles. The second kappa shape index (κ2) is 6.78. The van der Waals surface area contributed by atoms with Crippen LogP contribution in [0.5, 0.6) is 5.75 Å². The van der Waals surface area contributed by atoms with E-state index in [9.17, 15) is 9.90 Å². The lowest BCUT2D eigenvalue weighted by atomic mass is 9.98. The van der Waals surface area contributed by atoms with Crippen LogP contribution < -0.4 is 4.74 Å². The lowest BCUT2D eigenvalue weighted by molar-refractivity contribution is 0.0265. The Kier molecular flexibility index (Phi) is 5.19. The number of hydrogen-bond donors (Lipinski definition) is 1. The molecule has 0 radical (unpaired) electrons. The maximum Gasteiger partial charge on any atom is 0.410 e. The van der Waals surface area contributed by atoms with E-state index in [1.165, 1.54) is 0 Å². The number of nitrogens with zero attached hydrogens (tertiary/aromatic N) is 3. The van der Waals surface area contributed by atoms with Gasteiger partial charge in [0, 0.05) is 25.6 Å². The minimum Gasteiger partial charge on any atom is -0.493 e. The maximum absolute atomic E-state index is 12.1. The second-order valence-corrected chi connectivity index (χ2v) is 6.83. The minimum absolute atomic E-state index is 0.0570. The highest BCUT2D eigenvalue weighted by Gasteiger charge is 2.36. The average Bonchev–Trinajstić information content (AvgIpc) is 3.11. The molecule has 2 heterocycles. The lowest BCUT2D eigenvalue weighted by Gasteiger charge is -2.25. The molecule has 2 rings (SSSR count). The normalized spacial score (nSPS) is 19.7. The molecule has 1 fully saturated rings. The van der Waals surface area contributed by atoms with Crippen LogP contribution in [0.3, 0.4) is 0 Å². The van der Waals surface area contributed by atoms with Gasteiger partial charge >= 0.3 is 6.09 Å². The zero-order valence-corrected chi connectivity index (χ0v) is 14.6. The Morgan fingerprint density at radius 3 is 2.78 bits per heavy atom. The number of methoxy groups -OCH3 is 1. The monoisotopic (exact) mass is 325 g/mol. The lowest BCUT2D eigenvalue weighted by Crippen LogP contribution is -2.35. The van der Waals surface area contributed by atoms with Crippen LogP contribution in [0.2, 0.25) is 0 Å². The smallest absolute Gasteiger partial charge is 0.410 e. The van der Waals surface area contributed by atoms with Crippen molar-refractivity contribution in [1.82, 2.24) is 14.7 Å². The van der Waals surface area contributed by atoms with Gasteiger partial charge in [-0.25, -0.2) is 4.79 Å². The summed E-state index contributed by atoms with van der Waals surface area (Å²) in [6.45, 7) is 9.20. The summed E-state index contributed by atoms with van der Waals surface area (Å²) in [5.41, 5.74) is 0.156. The predicted octanol–water partition coefficient (Wildman–Crippen LogP) is 2.20. The van der Waals surface area contributed by atoms with Crippen LogP contribution in [0.25, 0.3) is 0 Å². The largest absolute Gasteiger partial charge is 0.493 e. The van der Waals surface area contributed by atoms with Crippen molar-refractivity contribution in [1.29, 1.82) is 0 Å². The van der Waals surface area contributed by atoms with Gasteiger partial charge in [-0.2, -0.15) is 5.10 Å². The summed E-state index contributed by atoms with van der Waals surface area (Å²) in [7, 11) is 1.56. The number of likely N-dealkylation sites (tertiary alicyclic amines) is 1. The van der Waals surface area contributed by atoms with Crippen molar-refractivity contribution < 1.29 is 19.4 Å². The van der Waals surface area contributed by atoms with Gasteiger partial charge in [-0.3, -0.25) is 4.68 Å². The summed E-state index contributed by atoms with van der Waals surface area (Å²) in [5, 5.41) is 15.0. The molecule has 1 aromatic heterocycles. The van der Waals surface area contributed by atoms with Gasteiger partial charge in [-0.1, -0.05) is 0 Å². The van der Waals surface area contributed by atoms with Crippen molar-refractivity contribution in [2.24, 2.45) is 5.92 Å². The number of aryl methyl sites for hydroxylation is 1. The molecule has 0 bridgehead atoms. The maximum atomic E-state index is 12.1. The Morgan fingerprint density at radius 1 is 1.52 bits per heavy atom. The van der Waals surface area contributed by atoms with E-state index < -0.39 is 11.7 Å². The molecule has 130 valence electrons. The van der Waals surface area contributed by atoms with Gasteiger partial charge in [0.15, 0.2) is 5.75 Å². The third-order valence-electron chi connectivity index (χ3n) is 3.97. The first kappa shape index (κ1) is 17.6. The third kappa shape index (κ3) is 3.96. The van der Waals surface area contributed by atoms with Crippen LogP contribution >= 0.6 is 0 Å². The number of ether oxygens (including phenoxy) is 2. The summed E-state index contributed by atoms with van der Waals surface area (Å²) in [6.07, 6.45) is 1.28. The van der Waals surface area contributed by atoms with Gasteiger partial charge in [0.25, 0.3) is 0 Å². The average molecular weight is 325 g/mol. The van der Waals surface area contributed by atoms with E-state index in [1.807, 2.05) is 27.7 Å². The third-order valence-corrected chi connectivity index (χ3v) is 3.97. The van der Waals surface area contributed by atoms with E-state index in [4.69, 9.17) is 9.47 Å². The molecule has 0 aromatic carbocycles. The molecule has 0 aliphatic carbocycles. The molecule has 7 nitrogen and oxygen atoms in total. The van der Waals surface area contributed by atoms with Crippen LogP contribution in [0.4, 0.5) is 4.79 Å². The topological polar surface area (TPSA) is 76.8 Å². The summed E-state index contributed by atoms with van der Waals surface area (Å²) in [5.74, 6) is 0.522. The predicted molar refractivity (Wildman–Crippen MR) is 85.3 cm³/mol. The number of carbonyl (C=O) groups is 1. The van der Waals surface area contributed by atoms with E-state index in [1.54, 1.807) is 22.9 Å². The summed E-state index contributed by atoms with van der Waals surface area (Å²) in [6, 6.07) is 0. The fraction of sp³-hybridized carbons (Fsp3) is 0.750. The fourth-order valence-electron chi connectivity index (χ4n) is 2.85. The Bertz CT molecular complexity index is 529. The first-order valence-corrected chi connectivity index (χ1v) is 8.02. The van der Waals surface area contributed by atoms with Crippen LogP contribution in [0, 0.1) is 5.92 Å². The van der Waals surface area contributed by atoms with Crippen LogP contribution in [-0.2, 0) is 11.3 Å². The van der Waals surface area contributed by atoms with Crippen LogP contribution in [0.15, 0.2) is 6.20 Å². The molecule has 1 saturated heterocycles. The number of rotatable bonds is 4. The van der Waals surface area contributed by atoms with Crippen molar-refractivity contribution in [3.8, 4) is 5.75 Å². The molecule has 7 heteroatoms. The molecule has 0 saturated carbocycles. The number of hydrogen-bond acceptors (Lipinski definition) is 5. The zero-order chi connectivity index (χ0) is 17.2. The number of carbonyl (C=O) groups excluding carboxylic acids is 1. The van der Waals surface area contributed by atoms with E-state index in [-0.39, 0.29) is 12.0 Å². The molecule has 1 amide bonds. The van der Waals surface area contributed by atoms with Crippen LogP contribution in [-0.4, -0.2) is 51.7 Å². The highest BCUT2D eigenvalue weighted by Crippen LogP contribution is 2.35. The first-order valence-electron chi connectivity index (χ1n) is 8.02. The van der Waals surface area contributed by atoms with Gasteiger partial charge in [-0.15, -0.1) is 0 Å². The van der Waals surface area contributed by atoms with Crippen molar-refractivity contribution in [2.45, 2.75) is 52.4 Å². The molecule has 1 N–H and O–H groups in total. The molecular weight excluding hydrogens is 298 g/mol. The Balaban J connectivity index is 2.07. The van der Waals surface area contributed by atoms with Crippen LogP contribution in [0.1, 0.15) is 45.9 Å². The zero-order valence-electron chi connectivity index (χ0n) is 14.6. The molecule has 1 aliphatic rings. The molecule has 23 heavy (non-hydrogen) atoms. The van der Waals surface area contributed by atoms with E-state index in [2.05, 4.69) is 5.10 Å². The number of aliphatic hydroxyl groups is 1. The highest BCUT2D eigenvalue weighted by molar-refractivity contribution is 5.68. The fourth-order valence-corrected chi connectivity index (χ4v) is 2.85. The van der Waals surface area contributed by atoms with E-state index in [0.29, 0.717) is 31.1 Å². The van der Waals surface area contributed by atoms with Gasteiger partial charge in [0.1, 0.15) is 17.4 Å². The standard InChI is InChI=1S/C16H27N3O4/c1-6-19-13(12(22-5)9-17-19)14(20)11-7-8-18(10-11)15(21)23-16(2,3)4/h9,11,14,20H,6-8,10H2,1-5H3. The molecule has 0 spiro atoms. The van der Waals surface area contributed by atoms with Crippen molar-refractivity contribution in [2.75, 3.05) is 20.2 Å². The van der Waals surface area contributed by atoms with Gasteiger partial charge in [0.2, 0.25) is 0 Å². The first-order chi connectivity index (χ1) is 10.8. The quantitative estimate of drug-likeness (QED) is 0.918. The Morgan fingerprint density at radius 2 is 2.22 bits per heavy atom. The highest BCUT2D eigenvalue weighted by atomic mass is 16.6. The summed E-state index contributed by atoms with van der Waals surface area (Å²) >= 11 is 0. The number of aliphatic hydroxyl groups excluding tert-OH is 1. The summed E-state index contributed by atoms with van der Waals surface area (Å²) in [4.78, 5) is 13.8. The Labute approximate surface area is 137 Å². The van der Waals surface area contributed by atoms with Gasteiger partial charge < -0.3 is 19.5 Å². The van der Waals surface area contributed by atoms with Gasteiger partial charge in [0.05, 0.1) is 13.3 Å². The minimum atomic E-state index is -0.722. The van der Waals surface area contributed by atoms with Crippen molar-refractivity contribution in [3.63, 3.8) is 0 Å². The van der Waals surface area contributed by atoms with E-state index in [0.717, 1.165) is 6.42 Å². The second-order valence-electron chi connectivity index (χ2n) is 6.83. The molecule has 2 unspecified atom stereocenters.